The topological polar surface area (TPSA) is 41.6 Å². The Balaban J connectivity index is 2.26. The van der Waals surface area contributed by atoms with Gasteiger partial charge in [0.05, 0.1) is 12.1 Å². The smallest absolute Gasteiger partial charge is 0.192 e. The molecule has 0 amide bonds. The van der Waals surface area contributed by atoms with Crippen LogP contribution in [0.2, 0.25) is 0 Å². The first-order chi connectivity index (χ1) is 7.78. The molecule has 2 atom stereocenters. The molecule has 98 valence electrons. The standard InChI is InChI=1S/C14H27N3/c1-10(2)17-12(15)16-9-14(17)7-6-13(4,5)8-11(14)3/h10-11H,6-9H2,1-5H3,(H2,15,16). The third-order valence-corrected chi connectivity index (χ3v) is 4.77. The summed E-state index contributed by atoms with van der Waals surface area (Å²) in [5, 5.41) is 0. The number of nitrogens with two attached hydrogens (primary N) is 1. The van der Waals surface area contributed by atoms with Gasteiger partial charge in [-0.3, -0.25) is 4.99 Å². The third kappa shape index (κ3) is 1.94. The van der Waals surface area contributed by atoms with Crippen molar-refractivity contribution in [3.8, 4) is 0 Å². The first kappa shape index (κ1) is 12.7. The van der Waals surface area contributed by atoms with Crippen molar-refractivity contribution in [3.05, 3.63) is 0 Å². The Bertz CT molecular complexity index is 332. The molecular formula is C14H27N3. The molecule has 2 N–H and O–H groups in total. The summed E-state index contributed by atoms with van der Waals surface area (Å²) in [4.78, 5) is 6.92. The highest BCUT2D eigenvalue weighted by atomic mass is 15.4. The van der Waals surface area contributed by atoms with Crippen molar-refractivity contribution < 1.29 is 0 Å². The van der Waals surface area contributed by atoms with Crippen LogP contribution in [0.1, 0.15) is 53.9 Å². The van der Waals surface area contributed by atoms with Gasteiger partial charge in [0.1, 0.15) is 0 Å². The summed E-state index contributed by atoms with van der Waals surface area (Å²) >= 11 is 0. The average molecular weight is 237 g/mol. The summed E-state index contributed by atoms with van der Waals surface area (Å²) in [6.07, 6.45) is 3.78. The molecule has 0 saturated heterocycles. The molecule has 0 radical (unpaired) electrons. The summed E-state index contributed by atoms with van der Waals surface area (Å²) in [6.45, 7) is 12.5. The summed E-state index contributed by atoms with van der Waals surface area (Å²) < 4.78 is 0. The zero-order valence-corrected chi connectivity index (χ0v) is 12.0. The molecule has 0 aromatic heterocycles. The van der Waals surface area contributed by atoms with Gasteiger partial charge in [0.25, 0.3) is 0 Å². The van der Waals surface area contributed by atoms with E-state index in [-0.39, 0.29) is 5.54 Å². The van der Waals surface area contributed by atoms with E-state index in [4.69, 9.17) is 5.73 Å². The third-order valence-electron chi connectivity index (χ3n) is 4.77. The molecule has 0 aromatic rings. The zero-order valence-electron chi connectivity index (χ0n) is 12.0. The van der Waals surface area contributed by atoms with Crippen LogP contribution in [0.4, 0.5) is 0 Å². The Labute approximate surface area is 105 Å². The number of aliphatic imine (C=N–C) groups is 1. The second-order valence-electron chi connectivity index (χ2n) is 7.01. The lowest BCUT2D eigenvalue weighted by atomic mass is 9.63. The lowest BCUT2D eigenvalue weighted by molar-refractivity contribution is 0.0150. The van der Waals surface area contributed by atoms with Crippen LogP contribution in [-0.4, -0.2) is 29.0 Å². The van der Waals surface area contributed by atoms with Gasteiger partial charge in [-0.25, -0.2) is 0 Å². The minimum absolute atomic E-state index is 0.202. The molecule has 2 aliphatic rings. The van der Waals surface area contributed by atoms with E-state index in [1.165, 1.54) is 19.3 Å². The Morgan fingerprint density at radius 2 is 2.00 bits per heavy atom. The molecule has 1 heterocycles. The van der Waals surface area contributed by atoms with Crippen molar-refractivity contribution in [1.29, 1.82) is 0 Å². The highest BCUT2D eigenvalue weighted by Gasteiger charge is 2.51. The number of guanidine groups is 1. The predicted octanol–water partition coefficient (Wildman–Crippen LogP) is 2.61. The number of rotatable bonds is 1. The van der Waals surface area contributed by atoms with Crippen LogP contribution in [0.15, 0.2) is 4.99 Å². The van der Waals surface area contributed by atoms with Gasteiger partial charge in [-0.2, -0.15) is 0 Å². The van der Waals surface area contributed by atoms with Crippen LogP contribution in [-0.2, 0) is 0 Å². The number of hydrogen-bond acceptors (Lipinski definition) is 3. The van der Waals surface area contributed by atoms with E-state index in [0.29, 0.717) is 17.4 Å². The van der Waals surface area contributed by atoms with E-state index < -0.39 is 0 Å². The summed E-state index contributed by atoms with van der Waals surface area (Å²) in [5.74, 6) is 1.42. The SMILES string of the molecule is CC(C)N1C(N)=NCC12CCC(C)(C)CC2C. The first-order valence-corrected chi connectivity index (χ1v) is 6.88. The van der Waals surface area contributed by atoms with Crippen molar-refractivity contribution in [2.45, 2.75) is 65.5 Å². The molecule has 1 saturated carbocycles. The largest absolute Gasteiger partial charge is 0.370 e. The van der Waals surface area contributed by atoms with Crippen molar-refractivity contribution >= 4 is 5.96 Å². The van der Waals surface area contributed by atoms with E-state index in [1.807, 2.05) is 0 Å². The number of hydrogen-bond donors (Lipinski definition) is 1. The highest BCUT2D eigenvalue weighted by molar-refractivity contribution is 5.81. The molecular weight excluding hydrogens is 210 g/mol. The first-order valence-electron chi connectivity index (χ1n) is 6.88. The van der Waals surface area contributed by atoms with E-state index >= 15 is 0 Å². The van der Waals surface area contributed by atoms with Crippen molar-refractivity contribution in [2.24, 2.45) is 22.1 Å². The maximum atomic E-state index is 6.09. The molecule has 1 aliphatic carbocycles. The molecule has 1 spiro atoms. The van der Waals surface area contributed by atoms with Crippen LogP contribution < -0.4 is 5.73 Å². The minimum Gasteiger partial charge on any atom is -0.370 e. The molecule has 2 rings (SSSR count). The van der Waals surface area contributed by atoms with E-state index in [0.717, 1.165) is 12.5 Å². The minimum atomic E-state index is 0.202. The Morgan fingerprint density at radius 3 is 2.53 bits per heavy atom. The molecule has 0 bridgehead atoms. The fourth-order valence-electron chi connectivity index (χ4n) is 3.89. The Kier molecular flexibility index (Phi) is 2.91. The fraction of sp³-hybridized carbons (Fsp3) is 0.929. The number of nitrogens with zero attached hydrogens (tertiary/aromatic N) is 2. The average Bonchev–Trinajstić information content (AvgIpc) is 2.51. The van der Waals surface area contributed by atoms with E-state index in [1.54, 1.807) is 0 Å². The lowest BCUT2D eigenvalue weighted by Crippen LogP contribution is -2.60. The molecule has 0 aromatic carbocycles. The van der Waals surface area contributed by atoms with Crippen LogP contribution >= 0.6 is 0 Å². The maximum absolute atomic E-state index is 6.09. The van der Waals surface area contributed by atoms with Crippen molar-refractivity contribution in [3.63, 3.8) is 0 Å². The Morgan fingerprint density at radius 1 is 1.35 bits per heavy atom. The van der Waals surface area contributed by atoms with E-state index in [9.17, 15) is 0 Å². The molecule has 3 heteroatoms. The van der Waals surface area contributed by atoms with Gasteiger partial charge in [-0.05, 0) is 44.4 Å². The monoisotopic (exact) mass is 237 g/mol. The summed E-state index contributed by atoms with van der Waals surface area (Å²) in [5.41, 5.74) is 6.77. The van der Waals surface area contributed by atoms with Crippen molar-refractivity contribution in [2.75, 3.05) is 6.54 Å². The van der Waals surface area contributed by atoms with Gasteiger partial charge in [-0.1, -0.05) is 20.8 Å². The van der Waals surface area contributed by atoms with Crippen LogP contribution in [0.25, 0.3) is 0 Å². The van der Waals surface area contributed by atoms with Gasteiger partial charge in [0.2, 0.25) is 0 Å². The highest BCUT2D eigenvalue weighted by Crippen LogP contribution is 2.48. The second kappa shape index (κ2) is 3.89. The van der Waals surface area contributed by atoms with Crippen LogP contribution in [0.3, 0.4) is 0 Å². The van der Waals surface area contributed by atoms with E-state index in [2.05, 4.69) is 44.5 Å². The fourth-order valence-corrected chi connectivity index (χ4v) is 3.89. The zero-order chi connectivity index (χ0) is 12.8. The second-order valence-corrected chi connectivity index (χ2v) is 7.01. The lowest BCUT2D eigenvalue weighted by Gasteiger charge is -2.52. The summed E-state index contributed by atoms with van der Waals surface area (Å²) in [6, 6.07) is 0.449. The van der Waals surface area contributed by atoms with Crippen LogP contribution in [0, 0.1) is 11.3 Å². The molecule has 17 heavy (non-hydrogen) atoms. The predicted molar refractivity (Wildman–Crippen MR) is 73.0 cm³/mol. The van der Waals surface area contributed by atoms with Gasteiger partial charge < -0.3 is 10.6 Å². The molecule has 2 unspecified atom stereocenters. The maximum Gasteiger partial charge on any atom is 0.192 e. The van der Waals surface area contributed by atoms with Gasteiger partial charge >= 0.3 is 0 Å². The Hall–Kier alpha value is -0.730. The van der Waals surface area contributed by atoms with Crippen LogP contribution in [0.5, 0.6) is 0 Å². The van der Waals surface area contributed by atoms with Crippen molar-refractivity contribution in [1.82, 2.24) is 4.90 Å². The van der Waals surface area contributed by atoms with Gasteiger partial charge in [-0.15, -0.1) is 0 Å². The molecule has 1 aliphatic heterocycles. The molecule has 3 nitrogen and oxygen atoms in total. The quantitative estimate of drug-likeness (QED) is 0.761. The summed E-state index contributed by atoms with van der Waals surface area (Å²) in [7, 11) is 0. The normalized spacial score (nSPS) is 36.7. The van der Waals surface area contributed by atoms with Gasteiger partial charge in [0.15, 0.2) is 5.96 Å². The van der Waals surface area contributed by atoms with Gasteiger partial charge in [0, 0.05) is 6.04 Å². The molecule has 1 fully saturated rings.